The summed E-state index contributed by atoms with van der Waals surface area (Å²) in [5.41, 5.74) is 9.50. The fourth-order valence-corrected chi connectivity index (χ4v) is 3.92. The Kier molecular flexibility index (Phi) is 3.19. The Morgan fingerprint density at radius 3 is 2.61 bits per heavy atom. The van der Waals surface area contributed by atoms with Gasteiger partial charge in [-0.05, 0) is 62.3 Å². The third-order valence-electron chi connectivity index (χ3n) is 4.77. The zero-order valence-electron chi connectivity index (χ0n) is 11.4. The number of rotatable bonds is 2. The van der Waals surface area contributed by atoms with Crippen LogP contribution >= 0.6 is 0 Å². The molecule has 1 aromatic carbocycles. The van der Waals surface area contributed by atoms with Crippen LogP contribution < -0.4 is 10.6 Å². The van der Waals surface area contributed by atoms with Gasteiger partial charge in [0, 0.05) is 24.0 Å². The van der Waals surface area contributed by atoms with E-state index in [1.54, 1.807) is 0 Å². The maximum Gasteiger partial charge on any atom is 0.0400 e. The summed E-state index contributed by atoms with van der Waals surface area (Å²) in [4.78, 5) is 2.66. The molecule has 1 aliphatic carbocycles. The van der Waals surface area contributed by atoms with Gasteiger partial charge in [-0.25, -0.2) is 0 Å². The number of benzene rings is 1. The number of hydrogen-bond donors (Lipinski definition) is 1. The molecular weight excluding hydrogens is 220 g/mol. The molecule has 2 aliphatic rings. The van der Waals surface area contributed by atoms with Crippen LogP contribution in [0.15, 0.2) is 18.2 Å². The summed E-state index contributed by atoms with van der Waals surface area (Å²) in [5, 5.41) is 0. The van der Waals surface area contributed by atoms with Gasteiger partial charge in [0.2, 0.25) is 0 Å². The first-order chi connectivity index (χ1) is 8.75. The highest BCUT2D eigenvalue weighted by Gasteiger charge is 2.33. The minimum absolute atomic E-state index is 0.787. The van der Waals surface area contributed by atoms with Gasteiger partial charge in [0.05, 0.1) is 0 Å². The van der Waals surface area contributed by atoms with Crippen molar-refractivity contribution in [1.29, 1.82) is 0 Å². The van der Waals surface area contributed by atoms with E-state index in [2.05, 4.69) is 24.0 Å². The van der Waals surface area contributed by atoms with Crippen LogP contribution in [0.1, 0.15) is 44.1 Å². The van der Waals surface area contributed by atoms with E-state index in [-0.39, 0.29) is 0 Å². The maximum absolute atomic E-state index is 5.86. The number of aryl methyl sites for hydroxylation is 1. The molecule has 0 radical (unpaired) electrons. The van der Waals surface area contributed by atoms with Gasteiger partial charge in [-0.1, -0.05) is 12.8 Å². The summed E-state index contributed by atoms with van der Waals surface area (Å²) in [5.74, 6) is 0.935. The van der Waals surface area contributed by atoms with Crippen molar-refractivity contribution in [1.82, 2.24) is 0 Å². The van der Waals surface area contributed by atoms with Crippen LogP contribution in [0.25, 0.3) is 0 Å². The van der Waals surface area contributed by atoms with Gasteiger partial charge in [-0.3, -0.25) is 0 Å². The van der Waals surface area contributed by atoms with E-state index in [1.807, 2.05) is 6.07 Å². The average molecular weight is 244 g/mol. The molecule has 0 spiro atoms. The highest BCUT2D eigenvalue weighted by Crippen LogP contribution is 2.38. The number of nitrogen functional groups attached to an aromatic ring is 1. The summed E-state index contributed by atoms with van der Waals surface area (Å²) < 4.78 is 0. The van der Waals surface area contributed by atoms with Gasteiger partial charge < -0.3 is 10.6 Å². The Morgan fingerprint density at radius 1 is 1.11 bits per heavy atom. The molecule has 0 bridgehead atoms. The van der Waals surface area contributed by atoms with E-state index in [0.717, 1.165) is 17.6 Å². The zero-order chi connectivity index (χ0) is 12.5. The van der Waals surface area contributed by atoms with Crippen molar-refractivity contribution < 1.29 is 0 Å². The molecule has 1 atom stereocenters. The summed E-state index contributed by atoms with van der Waals surface area (Å²) in [6, 6.07) is 7.17. The molecule has 0 amide bonds. The number of anilines is 2. The largest absolute Gasteiger partial charge is 0.399 e. The Morgan fingerprint density at radius 2 is 1.89 bits per heavy atom. The summed E-state index contributed by atoms with van der Waals surface area (Å²) in [6.07, 6.45) is 8.50. The highest BCUT2D eigenvalue weighted by molar-refractivity contribution is 5.60. The van der Waals surface area contributed by atoms with E-state index in [0.29, 0.717) is 0 Å². The number of hydrogen-bond acceptors (Lipinski definition) is 2. The van der Waals surface area contributed by atoms with Gasteiger partial charge in [0.1, 0.15) is 0 Å². The smallest absolute Gasteiger partial charge is 0.0400 e. The van der Waals surface area contributed by atoms with Crippen molar-refractivity contribution in [3.63, 3.8) is 0 Å². The molecule has 18 heavy (non-hydrogen) atoms. The molecule has 2 nitrogen and oxygen atoms in total. The minimum Gasteiger partial charge on any atom is -0.399 e. The first-order valence-corrected chi connectivity index (χ1v) is 7.38. The maximum atomic E-state index is 5.86. The van der Waals surface area contributed by atoms with Crippen LogP contribution in [-0.4, -0.2) is 12.6 Å². The van der Waals surface area contributed by atoms with Crippen LogP contribution in [0, 0.1) is 12.8 Å². The van der Waals surface area contributed by atoms with E-state index < -0.39 is 0 Å². The monoisotopic (exact) mass is 244 g/mol. The normalized spacial score (nSPS) is 24.9. The van der Waals surface area contributed by atoms with Crippen molar-refractivity contribution in [2.24, 2.45) is 5.92 Å². The van der Waals surface area contributed by atoms with Crippen LogP contribution in [0.5, 0.6) is 0 Å². The number of nitrogens with two attached hydrogens (primary N) is 1. The lowest BCUT2D eigenvalue weighted by Gasteiger charge is -2.32. The van der Waals surface area contributed by atoms with Gasteiger partial charge in [0.25, 0.3) is 0 Å². The van der Waals surface area contributed by atoms with Crippen LogP contribution in [0.2, 0.25) is 0 Å². The molecular formula is C16H24N2. The van der Waals surface area contributed by atoms with Gasteiger partial charge in [-0.2, -0.15) is 0 Å². The van der Waals surface area contributed by atoms with Gasteiger partial charge in [-0.15, -0.1) is 0 Å². The van der Waals surface area contributed by atoms with Crippen LogP contribution in [-0.2, 0) is 0 Å². The summed E-state index contributed by atoms with van der Waals surface area (Å²) >= 11 is 0. The molecule has 1 aromatic rings. The van der Waals surface area contributed by atoms with E-state index in [9.17, 15) is 0 Å². The lowest BCUT2D eigenvalue weighted by molar-refractivity contribution is 0.430. The lowest BCUT2D eigenvalue weighted by atomic mass is 9.95. The van der Waals surface area contributed by atoms with E-state index in [4.69, 9.17) is 5.73 Å². The molecule has 3 rings (SSSR count). The molecule has 1 saturated heterocycles. The van der Waals surface area contributed by atoms with Crippen molar-refractivity contribution in [3.8, 4) is 0 Å². The predicted molar refractivity (Wildman–Crippen MR) is 77.9 cm³/mol. The molecule has 1 unspecified atom stereocenters. The van der Waals surface area contributed by atoms with Crippen molar-refractivity contribution in [3.05, 3.63) is 23.8 Å². The number of nitrogens with zero attached hydrogens (tertiary/aromatic N) is 1. The zero-order valence-corrected chi connectivity index (χ0v) is 11.4. The Bertz CT molecular complexity index is 421. The van der Waals surface area contributed by atoms with E-state index in [1.165, 1.54) is 56.3 Å². The van der Waals surface area contributed by atoms with Gasteiger partial charge >= 0.3 is 0 Å². The van der Waals surface area contributed by atoms with Crippen LogP contribution in [0.3, 0.4) is 0 Å². The quantitative estimate of drug-likeness (QED) is 0.803. The molecule has 2 heteroatoms. The second kappa shape index (κ2) is 4.83. The molecule has 0 aromatic heterocycles. The second-order valence-electron chi connectivity index (χ2n) is 5.99. The van der Waals surface area contributed by atoms with Gasteiger partial charge in [0.15, 0.2) is 0 Å². The standard InChI is InChI=1S/C16H24N2/c1-12-11-14(17)8-9-15(12)18-10-4-7-16(18)13-5-2-3-6-13/h8-9,11,13,16H,2-7,10,17H2,1H3. The third kappa shape index (κ3) is 2.09. The summed E-state index contributed by atoms with van der Waals surface area (Å²) in [6.45, 7) is 3.42. The Labute approximate surface area is 110 Å². The highest BCUT2D eigenvalue weighted by atomic mass is 15.2. The van der Waals surface area contributed by atoms with Crippen molar-refractivity contribution in [2.45, 2.75) is 51.5 Å². The Balaban J connectivity index is 1.85. The average Bonchev–Trinajstić information content (AvgIpc) is 2.98. The molecule has 2 N–H and O–H groups in total. The molecule has 98 valence electrons. The molecule has 2 fully saturated rings. The SMILES string of the molecule is Cc1cc(N)ccc1N1CCCC1C1CCCC1. The minimum atomic E-state index is 0.787. The first-order valence-electron chi connectivity index (χ1n) is 7.38. The topological polar surface area (TPSA) is 29.3 Å². The van der Waals surface area contributed by atoms with Crippen molar-refractivity contribution >= 4 is 11.4 Å². The fourth-order valence-electron chi connectivity index (χ4n) is 3.92. The Hall–Kier alpha value is -1.18. The van der Waals surface area contributed by atoms with E-state index >= 15 is 0 Å². The predicted octanol–water partition coefficient (Wildman–Crippen LogP) is 3.74. The summed E-state index contributed by atoms with van der Waals surface area (Å²) in [7, 11) is 0. The third-order valence-corrected chi connectivity index (χ3v) is 4.77. The second-order valence-corrected chi connectivity index (χ2v) is 5.99. The first kappa shape index (κ1) is 11.9. The molecule has 1 saturated carbocycles. The fraction of sp³-hybridized carbons (Fsp3) is 0.625. The van der Waals surface area contributed by atoms with Crippen LogP contribution in [0.4, 0.5) is 11.4 Å². The molecule has 1 heterocycles. The lowest BCUT2D eigenvalue weighted by Crippen LogP contribution is -2.35. The molecule has 1 aliphatic heterocycles. The van der Waals surface area contributed by atoms with Crippen molar-refractivity contribution in [2.75, 3.05) is 17.2 Å².